The van der Waals surface area contributed by atoms with Crippen molar-refractivity contribution in [3.8, 4) is 5.75 Å². The third-order valence-electron chi connectivity index (χ3n) is 4.20. The lowest BCUT2D eigenvalue weighted by Gasteiger charge is -2.28. The number of nitrogens with zero attached hydrogens (tertiary/aromatic N) is 2. The summed E-state index contributed by atoms with van der Waals surface area (Å²) in [5.74, 6) is 0.612. The van der Waals surface area contributed by atoms with Gasteiger partial charge in [0.15, 0.2) is 0 Å². The zero-order valence-corrected chi connectivity index (χ0v) is 13.5. The van der Waals surface area contributed by atoms with Crippen LogP contribution in [0.4, 0.5) is 16.2 Å². The van der Waals surface area contributed by atoms with E-state index in [0.717, 1.165) is 25.2 Å². The second-order valence-electron chi connectivity index (χ2n) is 5.79. The summed E-state index contributed by atoms with van der Waals surface area (Å²) in [5, 5.41) is 0. The first-order chi connectivity index (χ1) is 11.1. The zero-order valence-electron chi connectivity index (χ0n) is 13.5. The van der Waals surface area contributed by atoms with Crippen LogP contribution in [-0.4, -0.2) is 31.6 Å². The third-order valence-corrected chi connectivity index (χ3v) is 4.20. The van der Waals surface area contributed by atoms with Gasteiger partial charge in [-0.1, -0.05) is 18.2 Å². The van der Waals surface area contributed by atoms with Crippen molar-refractivity contribution < 1.29 is 9.53 Å². The second-order valence-corrected chi connectivity index (χ2v) is 5.79. The number of fused-ring (bicyclic) bond motifs is 1. The smallest absolute Gasteiger partial charge is 0.324 e. The average Bonchev–Trinajstić information content (AvgIpc) is 2.55. The van der Waals surface area contributed by atoms with Crippen LogP contribution in [0.3, 0.4) is 0 Å². The van der Waals surface area contributed by atoms with E-state index in [1.807, 2.05) is 36.4 Å². The lowest BCUT2D eigenvalue weighted by atomic mass is 9.99. The number of benzene rings is 2. The first kappa shape index (κ1) is 15.4. The van der Waals surface area contributed by atoms with Gasteiger partial charge in [-0.25, -0.2) is 4.79 Å². The number of anilines is 2. The second kappa shape index (κ2) is 6.30. The van der Waals surface area contributed by atoms with Gasteiger partial charge < -0.3 is 15.4 Å². The molecule has 2 aromatic carbocycles. The quantitative estimate of drug-likeness (QED) is 0.948. The molecule has 5 nitrogen and oxygen atoms in total. The molecule has 0 atom stereocenters. The van der Waals surface area contributed by atoms with Crippen LogP contribution >= 0.6 is 0 Å². The lowest BCUT2D eigenvalue weighted by Crippen LogP contribution is -2.32. The minimum Gasteiger partial charge on any atom is -0.495 e. The Kier molecular flexibility index (Phi) is 4.21. The van der Waals surface area contributed by atoms with Crippen LogP contribution in [0.5, 0.6) is 5.75 Å². The van der Waals surface area contributed by atoms with Gasteiger partial charge in [0.25, 0.3) is 0 Å². The number of ether oxygens (including phenoxy) is 1. The Morgan fingerprint density at radius 1 is 1.22 bits per heavy atom. The number of para-hydroxylation sites is 2. The highest BCUT2D eigenvalue weighted by atomic mass is 16.5. The van der Waals surface area contributed by atoms with E-state index in [4.69, 9.17) is 10.5 Å². The van der Waals surface area contributed by atoms with Crippen LogP contribution < -0.4 is 15.4 Å². The third kappa shape index (κ3) is 3.00. The molecule has 5 heteroatoms. The molecule has 2 N–H and O–H groups in total. The summed E-state index contributed by atoms with van der Waals surface area (Å²) in [6.45, 7) is 1.93. The number of carbonyl (C=O) groups is 1. The van der Waals surface area contributed by atoms with Crippen molar-refractivity contribution in [3.63, 3.8) is 0 Å². The molecule has 0 radical (unpaired) electrons. The van der Waals surface area contributed by atoms with Gasteiger partial charge in [0.05, 0.1) is 18.5 Å². The molecule has 0 aliphatic carbocycles. The summed E-state index contributed by atoms with van der Waals surface area (Å²) in [5.41, 5.74) is 9.62. The van der Waals surface area contributed by atoms with Crippen LogP contribution in [0.2, 0.25) is 0 Å². The number of carbonyl (C=O) groups excluding carboxylic acids is 1. The summed E-state index contributed by atoms with van der Waals surface area (Å²) in [7, 11) is 3.68. The van der Waals surface area contributed by atoms with E-state index >= 15 is 0 Å². The van der Waals surface area contributed by atoms with E-state index in [1.54, 1.807) is 7.11 Å². The highest BCUT2D eigenvalue weighted by molar-refractivity contribution is 6.00. The molecular formula is C18H21N3O2. The molecule has 2 amide bonds. The van der Waals surface area contributed by atoms with Gasteiger partial charge in [-0.3, -0.25) is 4.90 Å². The summed E-state index contributed by atoms with van der Waals surface area (Å²) in [6, 6.07) is 12.9. The van der Waals surface area contributed by atoms with Crippen molar-refractivity contribution in [2.45, 2.75) is 13.0 Å². The Morgan fingerprint density at radius 2 is 2.00 bits per heavy atom. The van der Waals surface area contributed by atoms with E-state index < -0.39 is 6.03 Å². The van der Waals surface area contributed by atoms with Gasteiger partial charge in [-0.15, -0.1) is 0 Å². The van der Waals surface area contributed by atoms with Crippen LogP contribution in [0.15, 0.2) is 42.5 Å². The fourth-order valence-electron chi connectivity index (χ4n) is 3.02. The van der Waals surface area contributed by atoms with Crippen LogP contribution in [0, 0.1) is 0 Å². The van der Waals surface area contributed by atoms with Crippen molar-refractivity contribution in [1.29, 1.82) is 0 Å². The summed E-state index contributed by atoms with van der Waals surface area (Å²) < 4.78 is 5.37. The Labute approximate surface area is 136 Å². The number of nitrogens with two attached hydrogens (primary N) is 1. The molecule has 0 bridgehead atoms. The number of hydrogen-bond acceptors (Lipinski definition) is 3. The van der Waals surface area contributed by atoms with Crippen LogP contribution in [-0.2, 0) is 13.0 Å². The monoisotopic (exact) mass is 311 g/mol. The van der Waals surface area contributed by atoms with Gasteiger partial charge in [-0.2, -0.15) is 0 Å². The maximum atomic E-state index is 12.1. The number of rotatable bonds is 3. The molecule has 2 aromatic rings. The number of likely N-dealkylation sites (N-methyl/N-ethyl adjacent to an activating group) is 1. The van der Waals surface area contributed by atoms with Gasteiger partial charge >= 0.3 is 6.03 Å². The largest absolute Gasteiger partial charge is 0.495 e. The molecule has 1 aliphatic heterocycles. The predicted octanol–water partition coefficient (Wildman–Crippen LogP) is 2.90. The standard InChI is InChI=1S/C18H21N3O2/c1-20-10-9-13-7-8-15(11-14(13)12-20)21(18(19)22)16-5-3-4-6-17(16)23-2/h3-8,11H,9-10,12H2,1-2H3,(H2,19,22). The molecule has 0 unspecified atom stereocenters. The Hall–Kier alpha value is -2.53. The number of amides is 2. The summed E-state index contributed by atoms with van der Waals surface area (Å²) in [4.78, 5) is 15.8. The lowest BCUT2D eigenvalue weighted by molar-refractivity contribution is 0.256. The van der Waals surface area contributed by atoms with Crippen LogP contribution in [0.1, 0.15) is 11.1 Å². The van der Waals surface area contributed by atoms with Crippen molar-refractivity contribution >= 4 is 17.4 Å². The van der Waals surface area contributed by atoms with Gasteiger partial charge in [0.2, 0.25) is 0 Å². The zero-order chi connectivity index (χ0) is 16.4. The van der Waals surface area contributed by atoms with Gasteiger partial charge in [0, 0.05) is 13.1 Å². The molecule has 1 heterocycles. The van der Waals surface area contributed by atoms with Gasteiger partial charge in [0.1, 0.15) is 5.75 Å². The van der Waals surface area contributed by atoms with Crippen molar-refractivity contribution in [2.24, 2.45) is 5.73 Å². The minimum atomic E-state index is -0.529. The van der Waals surface area contributed by atoms with E-state index in [9.17, 15) is 4.79 Å². The first-order valence-corrected chi connectivity index (χ1v) is 7.63. The Morgan fingerprint density at radius 3 is 2.74 bits per heavy atom. The maximum Gasteiger partial charge on any atom is 0.324 e. The number of urea groups is 1. The Balaban J connectivity index is 2.06. The minimum absolute atomic E-state index is 0.529. The SMILES string of the molecule is COc1ccccc1N(C(N)=O)c1ccc2c(c1)CN(C)CC2. The predicted molar refractivity (Wildman–Crippen MR) is 91.2 cm³/mol. The molecule has 0 spiro atoms. The van der Waals surface area contributed by atoms with Gasteiger partial charge in [-0.05, 0) is 48.9 Å². The number of methoxy groups -OCH3 is 1. The normalized spacial score (nSPS) is 14.2. The molecule has 3 rings (SSSR count). The molecule has 0 saturated carbocycles. The molecular weight excluding hydrogens is 290 g/mol. The highest BCUT2D eigenvalue weighted by Crippen LogP contribution is 2.35. The van der Waals surface area contributed by atoms with Crippen molar-refractivity contribution in [1.82, 2.24) is 4.90 Å². The van der Waals surface area contributed by atoms with E-state index in [1.165, 1.54) is 16.0 Å². The summed E-state index contributed by atoms with van der Waals surface area (Å²) in [6.07, 6.45) is 1.03. The van der Waals surface area contributed by atoms with E-state index in [0.29, 0.717) is 11.4 Å². The van der Waals surface area contributed by atoms with Crippen molar-refractivity contribution in [2.75, 3.05) is 25.6 Å². The summed E-state index contributed by atoms with van der Waals surface area (Å²) >= 11 is 0. The molecule has 0 aromatic heterocycles. The molecule has 1 aliphatic rings. The topological polar surface area (TPSA) is 58.8 Å². The average molecular weight is 311 g/mol. The molecule has 0 fully saturated rings. The Bertz CT molecular complexity index is 730. The van der Waals surface area contributed by atoms with Crippen LogP contribution in [0.25, 0.3) is 0 Å². The van der Waals surface area contributed by atoms with Crippen molar-refractivity contribution in [3.05, 3.63) is 53.6 Å². The number of primary amides is 1. The highest BCUT2D eigenvalue weighted by Gasteiger charge is 2.21. The molecule has 0 saturated heterocycles. The fourth-order valence-corrected chi connectivity index (χ4v) is 3.02. The van der Waals surface area contributed by atoms with E-state index in [-0.39, 0.29) is 0 Å². The van der Waals surface area contributed by atoms with E-state index in [2.05, 4.69) is 18.0 Å². The first-order valence-electron chi connectivity index (χ1n) is 7.63. The maximum absolute atomic E-state index is 12.1. The number of hydrogen-bond donors (Lipinski definition) is 1. The fraction of sp³-hybridized carbons (Fsp3) is 0.278. The molecule has 23 heavy (non-hydrogen) atoms. The molecule has 120 valence electrons.